The van der Waals surface area contributed by atoms with Gasteiger partial charge in [0.1, 0.15) is 11.5 Å². The molecule has 0 bridgehead atoms. The first-order valence-corrected chi connectivity index (χ1v) is 12.4. The number of hydrogen-bond donors (Lipinski definition) is 1. The van der Waals surface area contributed by atoms with Crippen LogP contribution in [0.25, 0.3) is 0 Å². The van der Waals surface area contributed by atoms with Crippen LogP contribution >= 0.6 is 11.6 Å². The van der Waals surface area contributed by atoms with Crippen molar-refractivity contribution < 1.29 is 22.7 Å². The van der Waals surface area contributed by atoms with E-state index in [0.717, 1.165) is 17.6 Å². The molecule has 1 N–H and O–H groups in total. The van der Waals surface area contributed by atoms with E-state index in [4.69, 9.17) is 21.1 Å². The number of amides is 1. The molecule has 0 heterocycles. The molecule has 0 fully saturated rings. The number of carbonyl (C=O) groups is 1. The summed E-state index contributed by atoms with van der Waals surface area (Å²) in [7, 11) is -3.52. The van der Waals surface area contributed by atoms with Gasteiger partial charge in [0, 0.05) is 10.7 Å². The van der Waals surface area contributed by atoms with Crippen molar-refractivity contribution in [3.05, 3.63) is 83.4 Å². The van der Waals surface area contributed by atoms with Crippen LogP contribution in [0, 0.1) is 0 Å². The molecule has 3 aromatic carbocycles. The van der Waals surface area contributed by atoms with E-state index in [1.165, 1.54) is 4.31 Å². The summed E-state index contributed by atoms with van der Waals surface area (Å²) in [5, 5.41) is 3.33. The first-order valence-electron chi connectivity index (χ1n) is 10.2. The van der Waals surface area contributed by atoms with Crippen molar-refractivity contribution in [2.24, 2.45) is 0 Å². The second kappa shape index (κ2) is 11.1. The van der Waals surface area contributed by atoms with E-state index in [2.05, 4.69) is 5.32 Å². The summed E-state index contributed by atoms with van der Waals surface area (Å²) in [6, 6.07) is 20.6. The Kier molecular flexibility index (Phi) is 8.19. The molecule has 174 valence electrons. The molecule has 0 radical (unpaired) electrons. The SMILES string of the molecule is CCOc1ccc(NC(=O)COc2ccc(N(Cc3ccc(Cl)cc3)S(C)(=O)=O)cc2)cc1. The highest BCUT2D eigenvalue weighted by molar-refractivity contribution is 7.92. The lowest BCUT2D eigenvalue weighted by molar-refractivity contribution is -0.118. The van der Waals surface area contributed by atoms with Gasteiger partial charge < -0.3 is 14.8 Å². The van der Waals surface area contributed by atoms with Crippen LogP contribution < -0.4 is 19.1 Å². The highest BCUT2D eigenvalue weighted by Crippen LogP contribution is 2.24. The number of halogens is 1. The van der Waals surface area contributed by atoms with Crippen molar-refractivity contribution in [1.29, 1.82) is 0 Å². The van der Waals surface area contributed by atoms with Gasteiger partial charge in [-0.1, -0.05) is 23.7 Å². The minimum Gasteiger partial charge on any atom is -0.494 e. The highest BCUT2D eigenvalue weighted by atomic mass is 35.5. The van der Waals surface area contributed by atoms with Crippen LogP contribution in [0.15, 0.2) is 72.8 Å². The van der Waals surface area contributed by atoms with Gasteiger partial charge in [0.05, 0.1) is 25.1 Å². The molecule has 3 aromatic rings. The average molecular weight is 489 g/mol. The van der Waals surface area contributed by atoms with Gasteiger partial charge >= 0.3 is 0 Å². The maximum atomic E-state index is 12.3. The zero-order valence-corrected chi connectivity index (χ0v) is 19.9. The molecule has 0 aliphatic heterocycles. The lowest BCUT2D eigenvalue weighted by Gasteiger charge is -2.23. The number of sulfonamides is 1. The fourth-order valence-corrected chi connectivity index (χ4v) is 4.03. The Balaban J connectivity index is 1.59. The number of anilines is 2. The fraction of sp³-hybridized carbons (Fsp3) is 0.208. The number of benzene rings is 3. The lowest BCUT2D eigenvalue weighted by Crippen LogP contribution is -2.29. The Morgan fingerprint density at radius 2 is 1.48 bits per heavy atom. The van der Waals surface area contributed by atoms with Gasteiger partial charge in [-0.2, -0.15) is 0 Å². The molecular formula is C24H25ClN2O5S. The van der Waals surface area contributed by atoms with Gasteiger partial charge in [-0.05, 0) is 73.2 Å². The molecule has 0 aromatic heterocycles. The molecule has 9 heteroatoms. The molecule has 0 aliphatic rings. The Bertz CT molecular complexity index is 1160. The molecule has 0 unspecified atom stereocenters. The van der Waals surface area contributed by atoms with Crippen molar-refractivity contribution >= 4 is 38.9 Å². The van der Waals surface area contributed by atoms with E-state index >= 15 is 0 Å². The van der Waals surface area contributed by atoms with E-state index in [1.54, 1.807) is 72.8 Å². The van der Waals surface area contributed by atoms with Gasteiger partial charge in [0.15, 0.2) is 6.61 Å². The highest BCUT2D eigenvalue weighted by Gasteiger charge is 2.18. The van der Waals surface area contributed by atoms with Crippen molar-refractivity contribution in [2.45, 2.75) is 13.5 Å². The molecule has 0 aliphatic carbocycles. The zero-order chi connectivity index (χ0) is 23.8. The van der Waals surface area contributed by atoms with Gasteiger partial charge in [-0.15, -0.1) is 0 Å². The zero-order valence-electron chi connectivity index (χ0n) is 18.3. The third-order valence-corrected chi connectivity index (χ3v) is 5.98. The van der Waals surface area contributed by atoms with Crippen LogP contribution in [-0.2, 0) is 21.4 Å². The summed E-state index contributed by atoms with van der Waals surface area (Å²) in [4.78, 5) is 12.2. The number of carbonyl (C=O) groups excluding carboxylic acids is 1. The van der Waals surface area contributed by atoms with E-state index in [1.807, 2.05) is 6.92 Å². The molecule has 0 spiro atoms. The summed E-state index contributed by atoms with van der Waals surface area (Å²) in [6.07, 6.45) is 1.15. The third-order valence-electron chi connectivity index (χ3n) is 4.58. The van der Waals surface area contributed by atoms with E-state index in [9.17, 15) is 13.2 Å². The summed E-state index contributed by atoms with van der Waals surface area (Å²) in [5.41, 5.74) is 1.92. The van der Waals surface area contributed by atoms with Gasteiger partial charge in [-0.3, -0.25) is 9.10 Å². The number of nitrogens with one attached hydrogen (secondary N) is 1. The van der Waals surface area contributed by atoms with Crippen molar-refractivity contribution in [3.63, 3.8) is 0 Å². The maximum absolute atomic E-state index is 12.3. The Morgan fingerprint density at radius 1 is 0.909 bits per heavy atom. The molecule has 1 amide bonds. The number of hydrogen-bond acceptors (Lipinski definition) is 5. The standard InChI is InChI=1S/C24H25ClN2O5S/c1-3-31-22-12-8-20(9-13-22)26-24(28)17-32-23-14-10-21(11-15-23)27(33(2,29)30)16-18-4-6-19(25)7-5-18/h4-15H,3,16-17H2,1-2H3,(H,26,28). The molecule has 0 saturated carbocycles. The van der Waals surface area contributed by atoms with Crippen molar-refractivity contribution in [2.75, 3.05) is 29.1 Å². The fourth-order valence-electron chi connectivity index (χ4n) is 3.01. The smallest absolute Gasteiger partial charge is 0.262 e. The van der Waals surface area contributed by atoms with Crippen molar-refractivity contribution in [3.8, 4) is 11.5 Å². The Morgan fingerprint density at radius 3 is 2.06 bits per heavy atom. The predicted molar refractivity (Wildman–Crippen MR) is 131 cm³/mol. The molecular weight excluding hydrogens is 464 g/mol. The first-order chi connectivity index (χ1) is 15.7. The second-order valence-corrected chi connectivity index (χ2v) is 9.53. The van der Waals surface area contributed by atoms with Gasteiger partial charge in [0.2, 0.25) is 10.0 Å². The summed E-state index contributed by atoms with van der Waals surface area (Å²) < 4.78 is 36.9. The molecule has 0 atom stereocenters. The van der Waals surface area contributed by atoms with Crippen LogP contribution in [0.5, 0.6) is 11.5 Å². The summed E-state index contributed by atoms with van der Waals surface area (Å²) in [5.74, 6) is 0.857. The van der Waals surface area contributed by atoms with Crippen LogP contribution in [-0.4, -0.2) is 33.8 Å². The molecule has 3 rings (SSSR count). The number of rotatable bonds is 10. The van der Waals surface area contributed by atoms with Crippen LogP contribution in [0.4, 0.5) is 11.4 Å². The molecule has 0 saturated heterocycles. The van der Waals surface area contributed by atoms with Gasteiger partial charge in [-0.25, -0.2) is 8.42 Å². The maximum Gasteiger partial charge on any atom is 0.262 e. The molecule has 7 nitrogen and oxygen atoms in total. The lowest BCUT2D eigenvalue weighted by atomic mass is 10.2. The summed E-state index contributed by atoms with van der Waals surface area (Å²) >= 11 is 5.91. The minimum atomic E-state index is -3.52. The van der Waals surface area contributed by atoms with Crippen LogP contribution in [0.1, 0.15) is 12.5 Å². The monoisotopic (exact) mass is 488 g/mol. The normalized spacial score (nSPS) is 11.0. The van der Waals surface area contributed by atoms with E-state index in [-0.39, 0.29) is 19.1 Å². The van der Waals surface area contributed by atoms with Crippen molar-refractivity contribution in [1.82, 2.24) is 0 Å². The summed E-state index contributed by atoms with van der Waals surface area (Å²) in [6.45, 7) is 2.45. The largest absolute Gasteiger partial charge is 0.494 e. The predicted octanol–water partition coefficient (Wildman–Crippen LogP) is 4.72. The third kappa shape index (κ3) is 7.40. The van der Waals surface area contributed by atoms with E-state index < -0.39 is 10.0 Å². The first kappa shape index (κ1) is 24.4. The van der Waals surface area contributed by atoms with Crippen LogP contribution in [0.2, 0.25) is 5.02 Å². The second-order valence-electron chi connectivity index (χ2n) is 7.18. The number of nitrogens with zero attached hydrogens (tertiary/aromatic N) is 1. The van der Waals surface area contributed by atoms with Crippen LogP contribution in [0.3, 0.4) is 0 Å². The average Bonchev–Trinajstić information content (AvgIpc) is 2.78. The Labute approximate surface area is 198 Å². The number of ether oxygens (including phenoxy) is 2. The topological polar surface area (TPSA) is 84.9 Å². The minimum absolute atomic E-state index is 0.167. The molecule has 33 heavy (non-hydrogen) atoms. The quantitative estimate of drug-likeness (QED) is 0.446. The van der Waals surface area contributed by atoms with E-state index in [0.29, 0.717) is 28.8 Å². The van der Waals surface area contributed by atoms with Gasteiger partial charge in [0.25, 0.3) is 5.91 Å². The Hall–Kier alpha value is -3.23.